The Hall–Kier alpha value is -4.73. The summed E-state index contributed by atoms with van der Waals surface area (Å²) < 4.78 is 3.92. The highest BCUT2D eigenvalue weighted by Crippen LogP contribution is 2.27. The fourth-order valence-electron chi connectivity index (χ4n) is 6.33. The number of benzene rings is 3. The predicted octanol–water partition coefficient (Wildman–Crippen LogP) is 6.00. The van der Waals surface area contributed by atoms with E-state index in [-0.39, 0.29) is 11.8 Å². The van der Waals surface area contributed by atoms with Gasteiger partial charge in [0.25, 0.3) is 11.8 Å². The van der Waals surface area contributed by atoms with Crippen molar-refractivity contribution in [3.05, 3.63) is 114 Å². The number of piperidine rings is 1. The monoisotopic (exact) mass is 614 g/mol. The van der Waals surface area contributed by atoms with E-state index in [1.54, 1.807) is 0 Å². The van der Waals surface area contributed by atoms with Gasteiger partial charge in [0, 0.05) is 78.5 Å². The van der Waals surface area contributed by atoms with Crippen LogP contribution in [0.2, 0.25) is 0 Å². The maximum atomic E-state index is 13.8. The molecule has 0 radical (unpaired) electrons. The van der Waals surface area contributed by atoms with Crippen molar-refractivity contribution in [3.63, 3.8) is 0 Å². The van der Waals surface area contributed by atoms with Gasteiger partial charge in [-0.3, -0.25) is 14.5 Å². The minimum atomic E-state index is 0.0453. The van der Waals surface area contributed by atoms with Gasteiger partial charge in [-0.1, -0.05) is 77.3 Å². The molecular weight excluding hydrogens is 581 g/mol. The maximum Gasteiger partial charge on any atom is 0.254 e. The molecule has 0 N–H and O–H groups in total. The third kappa shape index (κ3) is 6.41. The molecule has 0 bridgehead atoms. The molecule has 2 aromatic heterocycles. The van der Waals surface area contributed by atoms with Crippen LogP contribution < -0.4 is 0 Å². The van der Waals surface area contributed by atoms with Crippen LogP contribution in [0.15, 0.2) is 102 Å². The van der Waals surface area contributed by atoms with E-state index in [0.29, 0.717) is 30.3 Å². The molecular formula is C36H34N6O2S. The van der Waals surface area contributed by atoms with E-state index in [0.717, 1.165) is 72.8 Å². The molecule has 0 atom stereocenters. The van der Waals surface area contributed by atoms with Crippen molar-refractivity contribution < 1.29 is 9.59 Å². The Morgan fingerprint density at radius 1 is 0.600 bits per heavy atom. The van der Waals surface area contributed by atoms with Gasteiger partial charge >= 0.3 is 0 Å². The number of piperazine rings is 1. The maximum absolute atomic E-state index is 13.8. The summed E-state index contributed by atoms with van der Waals surface area (Å²) in [6, 6.07) is 32.0. The molecule has 0 saturated carbocycles. The van der Waals surface area contributed by atoms with Gasteiger partial charge < -0.3 is 9.80 Å². The minimum Gasteiger partial charge on any atom is -0.339 e. The van der Waals surface area contributed by atoms with Gasteiger partial charge in [0.05, 0.1) is 11.4 Å². The van der Waals surface area contributed by atoms with Crippen LogP contribution in [0.3, 0.4) is 0 Å². The Labute approximate surface area is 267 Å². The van der Waals surface area contributed by atoms with Gasteiger partial charge in [0.2, 0.25) is 0 Å². The van der Waals surface area contributed by atoms with Crippen molar-refractivity contribution >= 4 is 23.3 Å². The Bertz CT molecular complexity index is 1690. The summed E-state index contributed by atoms with van der Waals surface area (Å²) in [5.41, 5.74) is 6.74. The molecule has 2 amide bonds. The predicted molar refractivity (Wildman–Crippen MR) is 177 cm³/mol. The normalized spacial score (nSPS) is 16.1. The van der Waals surface area contributed by atoms with Crippen molar-refractivity contribution in [2.75, 3.05) is 39.3 Å². The van der Waals surface area contributed by atoms with Gasteiger partial charge in [0.1, 0.15) is 5.69 Å². The summed E-state index contributed by atoms with van der Waals surface area (Å²) in [4.78, 5) is 38.4. The number of carbonyl (C=O) groups is 2. The van der Waals surface area contributed by atoms with Crippen LogP contribution in [0.4, 0.5) is 0 Å². The van der Waals surface area contributed by atoms with E-state index in [9.17, 15) is 9.59 Å². The van der Waals surface area contributed by atoms with Gasteiger partial charge in [-0.25, -0.2) is 4.98 Å². The molecule has 7 rings (SSSR count). The number of amides is 2. The minimum absolute atomic E-state index is 0.0453. The lowest BCUT2D eigenvalue weighted by Gasteiger charge is -2.42. The van der Waals surface area contributed by atoms with Gasteiger partial charge in [-0.05, 0) is 48.6 Å². The second-order valence-corrected chi connectivity index (χ2v) is 12.2. The quantitative estimate of drug-likeness (QED) is 0.234. The summed E-state index contributed by atoms with van der Waals surface area (Å²) in [6.45, 7) is 4.51. The summed E-state index contributed by atoms with van der Waals surface area (Å²) in [7, 11) is 0. The fraction of sp³-hybridized carbons (Fsp3) is 0.250. The lowest BCUT2D eigenvalue weighted by molar-refractivity contribution is 0.0412. The smallest absolute Gasteiger partial charge is 0.254 e. The van der Waals surface area contributed by atoms with E-state index in [2.05, 4.69) is 14.5 Å². The first-order valence-corrected chi connectivity index (χ1v) is 16.3. The molecule has 4 heterocycles. The summed E-state index contributed by atoms with van der Waals surface area (Å²) in [5.74, 6) is 0.123. The largest absolute Gasteiger partial charge is 0.339 e. The lowest BCUT2D eigenvalue weighted by atomic mass is 10.0. The van der Waals surface area contributed by atoms with E-state index in [1.807, 2.05) is 112 Å². The third-order valence-electron chi connectivity index (χ3n) is 8.87. The number of hydrogen-bond acceptors (Lipinski definition) is 7. The Balaban J connectivity index is 0.967. The van der Waals surface area contributed by atoms with Crippen LogP contribution >= 0.6 is 11.5 Å². The standard InChI is InChI=1S/C36H34N6O2S/c43-35(29-13-11-28(12-14-29)34-25-45-39-38-34)41-17-15-31(16-18-41)40-19-21-42(22-20-40)36(44)30-23-32(26-7-3-1-4-8-26)37-33(24-30)27-9-5-2-6-10-27/h1-14,23-25,31H,15-22H2. The zero-order chi connectivity index (χ0) is 30.6. The Morgan fingerprint density at radius 3 is 1.69 bits per heavy atom. The number of carbonyl (C=O) groups excluding carboxylic acids is 2. The van der Waals surface area contributed by atoms with Crippen LogP contribution in [0, 0.1) is 0 Å². The number of likely N-dealkylation sites (tertiary alicyclic amines) is 1. The molecule has 45 heavy (non-hydrogen) atoms. The third-order valence-corrected chi connectivity index (χ3v) is 9.37. The second-order valence-electron chi connectivity index (χ2n) is 11.6. The summed E-state index contributed by atoms with van der Waals surface area (Å²) in [6.07, 6.45) is 1.88. The van der Waals surface area contributed by atoms with Crippen LogP contribution in [-0.4, -0.2) is 86.4 Å². The van der Waals surface area contributed by atoms with Crippen molar-refractivity contribution in [1.82, 2.24) is 29.3 Å². The van der Waals surface area contributed by atoms with E-state index in [4.69, 9.17) is 4.98 Å². The fourth-order valence-corrected chi connectivity index (χ4v) is 6.80. The van der Waals surface area contributed by atoms with Crippen LogP contribution in [0.25, 0.3) is 33.8 Å². The van der Waals surface area contributed by atoms with Gasteiger partial charge in [-0.15, -0.1) is 5.10 Å². The molecule has 2 fully saturated rings. The van der Waals surface area contributed by atoms with Crippen LogP contribution in [0.5, 0.6) is 0 Å². The van der Waals surface area contributed by atoms with Crippen molar-refractivity contribution in [2.45, 2.75) is 18.9 Å². The second kappa shape index (κ2) is 13.1. The SMILES string of the molecule is O=C(c1ccc(-c2csnn2)cc1)N1CCC(N2CCN(C(=O)c3cc(-c4ccccc4)nc(-c4ccccc4)c3)CC2)CC1. The van der Waals surface area contributed by atoms with Crippen molar-refractivity contribution in [2.24, 2.45) is 0 Å². The Kier molecular flexibility index (Phi) is 8.44. The number of rotatable bonds is 6. The molecule has 9 heteroatoms. The molecule has 0 unspecified atom stereocenters. The average molecular weight is 615 g/mol. The topological polar surface area (TPSA) is 82.5 Å². The molecule has 5 aromatic rings. The highest BCUT2D eigenvalue weighted by Gasteiger charge is 2.31. The first-order chi connectivity index (χ1) is 22.1. The first kappa shape index (κ1) is 29.0. The molecule has 2 aliphatic heterocycles. The molecule has 226 valence electrons. The molecule has 3 aromatic carbocycles. The highest BCUT2D eigenvalue weighted by atomic mass is 32.1. The Morgan fingerprint density at radius 2 is 1.13 bits per heavy atom. The number of aromatic nitrogens is 3. The summed E-state index contributed by atoms with van der Waals surface area (Å²) >= 11 is 1.32. The van der Waals surface area contributed by atoms with E-state index < -0.39 is 0 Å². The van der Waals surface area contributed by atoms with Crippen molar-refractivity contribution in [3.8, 4) is 33.8 Å². The van der Waals surface area contributed by atoms with E-state index >= 15 is 0 Å². The zero-order valence-electron chi connectivity index (χ0n) is 25.0. The average Bonchev–Trinajstić information content (AvgIpc) is 3.67. The highest BCUT2D eigenvalue weighted by molar-refractivity contribution is 7.03. The molecule has 2 saturated heterocycles. The summed E-state index contributed by atoms with van der Waals surface area (Å²) in [5, 5.41) is 6.01. The molecule has 0 spiro atoms. The van der Waals surface area contributed by atoms with Crippen LogP contribution in [0.1, 0.15) is 33.6 Å². The van der Waals surface area contributed by atoms with Crippen LogP contribution in [-0.2, 0) is 0 Å². The van der Waals surface area contributed by atoms with Gasteiger partial charge in [-0.2, -0.15) is 0 Å². The number of pyridine rings is 1. The zero-order valence-corrected chi connectivity index (χ0v) is 25.8. The number of nitrogens with zero attached hydrogens (tertiary/aromatic N) is 6. The number of hydrogen-bond donors (Lipinski definition) is 0. The van der Waals surface area contributed by atoms with E-state index in [1.165, 1.54) is 11.5 Å². The molecule has 2 aliphatic rings. The molecule has 0 aliphatic carbocycles. The van der Waals surface area contributed by atoms with Crippen molar-refractivity contribution in [1.29, 1.82) is 0 Å². The van der Waals surface area contributed by atoms with Gasteiger partial charge in [0.15, 0.2) is 0 Å². The molecule has 8 nitrogen and oxygen atoms in total. The first-order valence-electron chi connectivity index (χ1n) is 15.5. The lowest BCUT2D eigenvalue weighted by Crippen LogP contribution is -2.54.